The fraction of sp³-hybridized carbons (Fsp3) is 0.259. The molecule has 1 aliphatic rings. The highest BCUT2D eigenvalue weighted by molar-refractivity contribution is 6.05. The van der Waals surface area contributed by atoms with Crippen LogP contribution in [-0.2, 0) is 0 Å². The number of likely N-dealkylation sites (N-methyl/N-ethyl adjacent to an activating group) is 2. The van der Waals surface area contributed by atoms with Crippen molar-refractivity contribution in [1.82, 2.24) is 9.88 Å². The summed E-state index contributed by atoms with van der Waals surface area (Å²) in [6.07, 6.45) is 2.30. The Morgan fingerprint density at radius 1 is 1.06 bits per heavy atom. The summed E-state index contributed by atoms with van der Waals surface area (Å²) < 4.78 is 6.00. The van der Waals surface area contributed by atoms with Crippen LogP contribution in [0.2, 0.25) is 0 Å². The average Bonchev–Trinajstić information content (AvgIpc) is 3.28. The van der Waals surface area contributed by atoms with Gasteiger partial charge in [-0.1, -0.05) is 42.5 Å². The second-order valence-corrected chi connectivity index (χ2v) is 8.75. The summed E-state index contributed by atoms with van der Waals surface area (Å²) in [5.41, 5.74) is 4.96. The average molecular weight is 477 g/mol. The Bertz CT molecular complexity index is 1260. The number of piperidine rings is 1. The molecule has 1 atom stereocenters. The molecule has 1 aliphatic heterocycles. The van der Waals surface area contributed by atoms with E-state index in [1.807, 2.05) is 67.7 Å². The lowest BCUT2D eigenvalue weighted by Crippen LogP contribution is -2.45. The van der Waals surface area contributed by atoms with Crippen molar-refractivity contribution in [2.75, 3.05) is 37.4 Å². The summed E-state index contributed by atoms with van der Waals surface area (Å²) in [4.78, 5) is 21.9. The van der Waals surface area contributed by atoms with Crippen LogP contribution in [0.1, 0.15) is 23.2 Å². The lowest BCUT2D eigenvalue weighted by molar-refractivity contribution is 0.102. The molecule has 1 unspecified atom stereocenters. The Balaban J connectivity index is 0.00000274. The molecule has 1 aromatic heterocycles. The maximum atomic E-state index is 12.8. The number of hydrogen-bond acceptors (Lipinski definition) is 5. The Morgan fingerprint density at radius 3 is 2.53 bits per heavy atom. The van der Waals surface area contributed by atoms with Crippen molar-refractivity contribution in [3.05, 3.63) is 78.4 Å². The van der Waals surface area contributed by atoms with Crippen molar-refractivity contribution in [3.63, 3.8) is 0 Å². The van der Waals surface area contributed by atoms with E-state index in [1.165, 1.54) is 6.42 Å². The highest BCUT2D eigenvalue weighted by Crippen LogP contribution is 2.27. The number of anilines is 2. The number of rotatable bonds is 5. The molecule has 1 N–H and O–H groups in total. The first-order valence-corrected chi connectivity index (χ1v) is 11.4. The zero-order chi connectivity index (χ0) is 22.8. The molecular formula is C27H29ClN4O2. The first kappa shape index (κ1) is 23.8. The topological polar surface area (TPSA) is 61.6 Å². The molecule has 176 valence electrons. The van der Waals surface area contributed by atoms with E-state index in [9.17, 15) is 4.79 Å². The van der Waals surface area contributed by atoms with Gasteiger partial charge in [-0.05, 0) is 67.9 Å². The molecular weight excluding hydrogens is 448 g/mol. The maximum Gasteiger partial charge on any atom is 0.298 e. The lowest BCUT2D eigenvalue weighted by Gasteiger charge is -2.34. The molecule has 0 saturated carbocycles. The van der Waals surface area contributed by atoms with Crippen LogP contribution in [0.5, 0.6) is 0 Å². The fourth-order valence-electron chi connectivity index (χ4n) is 4.40. The van der Waals surface area contributed by atoms with Crippen molar-refractivity contribution in [1.29, 1.82) is 0 Å². The smallest absolute Gasteiger partial charge is 0.298 e. The quantitative estimate of drug-likeness (QED) is 0.400. The first-order valence-electron chi connectivity index (χ1n) is 11.4. The van der Waals surface area contributed by atoms with Crippen LogP contribution < -0.4 is 10.2 Å². The molecule has 34 heavy (non-hydrogen) atoms. The van der Waals surface area contributed by atoms with Crippen molar-refractivity contribution in [3.8, 4) is 11.1 Å². The number of carbonyl (C=O) groups is 1. The summed E-state index contributed by atoms with van der Waals surface area (Å²) in [5, 5.41) is 2.98. The van der Waals surface area contributed by atoms with Gasteiger partial charge in [0.25, 0.3) is 11.9 Å². The zero-order valence-corrected chi connectivity index (χ0v) is 20.2. The molecule has 6 nitrogen and oxygen atoms in total. The van der Waals surface area contributed by atoms with Gasteiger partial charge in [0.1, 0.15) is 5.52 Å². The van der Waals surface area contributed by atoms with E-state index in [-0.39, 0.29) is 18.3 Å². The van der Waals surface area contributed by atoms with Gasteiger partial charge in [0.15, 0.2) is 5.58 Å². The van der Waals surface area contributed by atoms with Gasteiger partial charge in [-0.25, -0.2) is 0 Å². The molecule has 2 heterocycles. The minimum absolute atomic E-state index is 0. The van der Waals surface area contributed by atoms with Crippen LogP contribution in [-0.4, -0.2) is 49.0 Å². The molecule has 1 saturated heterocycles. The van der Waals surface area contributed by atoms with Gasteiger partial charge in [0, 0.05) is 30.9 Å². The van der Waals surface area contributed by atoms with Crippen molar-refractivity contribution < 1.29 is 9.21 Å². The number of fused-ring (bicyclic) bond motifs is 1. The van der Waals surface area contributed by atoms with E-state index < -0.39 is 0 Å². The SMILES string of the molecule is CN1CCCC(N(C)c2nc3cc(NC(=O)c4ccc(-c5ccccc5)cc4)ccc3o2)C1.Cl. The fourth-order valence-corrected chi connectivity index (χ4v) is 4.40. The Kier molecular flexibility index (Phi) is 7.20. The summed E-state index contributed by atoms with van der Waals surface area (Å²) in [5.74, 6) is -0.153. The first-order chi connectivity index (χ1) is 16.1. The Hall–Kier alpha value is -3.35. The number of likely N-dealkylation sites (tertiary alicyclic amines) is 1. The third-order valence-corrected chi connectivity index (χ3v) is 6.34. The van der Waals surface area contributed by atoms with Gasteiger partial charge in [0.05, 0.1) is 0 Å². The van der Waals surface area contributed by atoms with E-state index in [0.29, 0.717) is 28.9 Å². The van der Waals surface area contributed by atoms with E-state index in [2.05, 4.69) is 39.3 Å². The predicted octanol–water partition coefficient (Wildman–Crippen LogP) is 5.70. The second-order valence-electron chi connectivity index (χ2n) is 8.75. The molecule has 1 amide bonds. The van der Waals surface area contributed by atoms with Crippen LogP contribution in [0, 0.1) is 0 Å². The number of aromatic nitrogens is 1. The Labute approximate surface area is 206 Å². The number of halogens is 1. The summed E-state index contributed by atoms with van der Waals surface area (Å²) in [6, 6.07) is 24.3. The largest absolute Gasteiger partial charge is 0.423 e. The summed E-state index contributed by atoms with van der Waals surface area (Å²) in [7, 11) is 4.19. The van der Waals surface area contributed by atoms with Crippen LogP contribution >= 0.6 is 12.4 Å². The summed E-state index contributed by atoms with van der Waals surface area (Å²) >= 11 is 0. The third kappa shape index (κ3) is 5.08. The number of nitrogens with zero attached hydrogens (tertiary/aromatic N) is 3. The molecule has 4 aromatic rings. The number of hydrogen-bond donors (Lipinski definition) is 1. The van der Waals surface area contributed by atoms with Gasteiger partial charge < -0.3 is 19.5 Å². The van der Waals surface area contributed by atoms with Gasteiger partial charge in [0.2, 0.25) is 0 Å². The maximum absolute atomic E-state index is 12.8. The monoisotopic (exact) mass is 476 g/mol. The van der Waals surface area contributed by atoms with Crippen LogP contribution in [0.25, 0.3) is 22.2 Å². The Morgan fingerprint density at radius 2 is 1.79 bits per heavy atom. The van der Waals surface area contributed by atoms with E-state index in [1.54, 1.807) is 0 Å². The molecule has 3 aromatic carbocycles. The van der Waals surface area contributed by atoms with Gasteiger partial charge in [-0.3, -0.25) is 4.79 Å². The highest BCUT2D eigenvalue weighted by atomic mass is 35.5. The van der Waals surface area contributed by atoms with Crippen LogP contribution in [0.4, 0.5) is 11.7 Å². The minimum atomic E-state index is -0.153. The van der Waals surface area contributed by atoms with Crippen LogP contribution in [0.3, 0.4) is 0 Å². The van der Waals surface area contributed by atoms with E-state index in [4.69, 9.17) is 4.42 Å². The number of benzene rings is 3. The van der Waals surface area contributed by atoms with E-state index >= 15 is 0 Å². The number of carbonyl (C=O) groups excluding carboxylic acids is 1. The van der Waals surface area contributed by atoms with Crippen molar-refractivity contribution >= 4 is 41.1 Å². The second kappa shape index (κ2) is 10.3. The van der Waals surface area contributed by atoms with Gasteiger partial charge in [-0.15, -0.1) is 12.4 Å². The van der Waals surface area contributed by atoms with Crippen LogP contribution in [0.15, 0.2) is 77.2 Å². The molecule has 5 rings (SSSR count). The third-order valence-electron chi connectivity index (χ3n) is 6.34. The molecule has 0 aliphatic carbocycles. The molecule has 7 heteroatoms. The lowest BCUT2D eigenvalue weighted by atomic mass is 10.0. The molecule has 0 spiro atoms. The predicted molar refractivity (Wildman–Crippen MR) is 140 cm³/mol. The minimum Gasteiger partial charge on any atom is -0.423 e. The molecule has 0 bridgehead atoms. The molecule has 0 radical (unpaired) electrons. The normalized spacial score (nSPS) is 16.1. The van der Waals surface area contributed by atoms with Crippen molar-refractivity contribution in [2.45, 2.75) is 18.9 Å². The van der Waals surface area contributed by atoms with Crippen molar-refractivity contribution in [2.24, 2.45) is 0 Å². The van der Waals surface area contributed by atoms with Gasteiger partial charge in [-0.2, -0.15) is 4.98 Å². The number of oxazole rings is 1. The number of nitrogens with one attached hydrogen (secondary N) is 1. The van der Waals surface area contributed by atoms with E-state index in [0.717, 1.165) is 36.2 Å². The summed E-state index contributed by atoms with van der Waals surface area (Å²) in [6.45, 7) is 2.13. The standard InChI is InChI=1S/C27H28N4O2.ClH/c1-30-16-6-9-23(18-30)31(2)27-29-24-17-22(14-15-25(24)33-27)28-26(32)21-12-10-20(11-13-21)19-7-4-3-5-8-19;/h3-5,7-8,10-15,17,23H,6,9,16,18H2,1-2H3,(H,28,32);1H. The highest BCUT2D eigenvalue weighted by Gasteiger charge is 2.24. The zero-order valence-electron chi connectivity index (χ0n) is 19.4. The van der Waals surface area contributed by atoms with Gasteiger partial charge >= 0.3 is 0 Å². The molecule has 1 fully saturated rings. The number of amides is 1.